The van der Waals surface area contributed by atoms with Crippen molar-refractivity contribution in [2.45, 2.75) is 33.3 Å². The number of fused-ring (bicyclic) bond motifs is 1. The molecule has 5 nitrogen and oxygen atoms in total. The third kappa shape index (κ3) is 2.99. The van der Waals surface area contributed by atoms with E-state index in [0.717, 1.165) is 16.9 Å². The molecule has 1 aromatic heterocycles. The Morgan fingerprint density at radius 3 is 2.80 bits per heavy atom. The molecule has 0 aliphatic carbocycles. The number of benzene rings is 1. The van der Waals surface area contributed by atoms with Gasteiger partial charge in [-0.25, -0.2) is 4.98 Å². The highest BCUT2D eigenvalue weighted by atomic mass is 16.3. The fourth-order valence-corrected chi connectivity index (χ4v) is 2.04. The predicted molar refractivity (Wildman–Crippen MR) is 79.5 cm³/mol. The topological polar surface area (TPSA) is 67.2 Å². The number of nitrogens with zero attached hydrogens (tertiary/aromatic N) is 2. The van der Waals surface area contributed by atoms with Crippen molar-refractivity contribution >= 4 is 22.6 Å². The lowest BCUT2D eigenvalue weighted by molar-refractivity contribution is -0.118. The highest BCUT2D eigenvalue weighted by Crippen LogP contribution is 2.19. The molecule has 1 atom stereocenters. The van der Waals surface area contributed by atoms with Crippen LogP contribution in [0.2, 0.25) is 0 Å². The number of hydrogen-bond acceptors (Lipinski definition) is 3. The summed E-state index contributed by atoms with van der Waals surface area (Å²) in [5.41, 5.74) is 2.59. The van der Waals surface area contributed by atoms with Gasteiger partial charge in [0.2, 0.25) is 5.91 Å². The van der Waals surface area contributed by atoms with Crippen LogP contribution in [0.15, 0.2) is 18.2 Å². The van der Waals surface area contributed by atoms with Crippen LogP contribution in [0, 0.1) is 12.8 Å². The summed E-state index contributed by atoms with van der Waals surface area (Å²) >= 11 is 0. The lowest BCUT2D eigenvalue weighted by atomic mass is 10.0. The lowest BCUT2D eigenvalue weighted by Crippen LogP contribution is -2.23. The first-order valence-electron chi connectivity index (χ1n) is 6.79. The van der Waals surface area contributed by atoms with Gasteiger partial charge in [0.25, 0.3) is 0 Å². The molecule has 2 rings (SSSR count). The van der Waals surface area contributed by atoms with Crippen LogP contribution in [0.1, 0.15) is 26.1 Å². The first-order valence-corrected chi connectivity index (χ1v) is 6.79. The van der Waals surface area contributed by atoms with Crippen molar-refractivity contribution in [3.63, 3.8) is 0 Å². The number of amides is 1. The monoisotopic (exact) mass is 275 g/mol. The van der Waals surface area contributed by atoms with Crippen molar-refractivity contribution in [3.05, 3.63) is 24.0 Å². The van der Waals surface area contributed by atoms with Gasteiger partial charge in [-0.3, -0.25) is 4.79 Å². The number of anilines is 1. The van der Waals surface area contributed by atoms with E-state index in [1.54, 1.807) is 0 Å². The van der Waals surface area contributed by atoms with Gasteiger partial charge in [0.05, 0.1) is 23.6 Å². The molecule has 1 unspecified atom stereocenters. The van der Waals surface area contributed by atoms with E-state index in [0.29, 0.717) is 5.69 Å². The van der Waals surface area contributed by atoms with Gasteiger partial charge in [-0.2, -0.15) is 0 Å². The smallest absolute Gasteiger partial charge is 0.226 e. The van der Waals surface area contributed by atoms with Gasteiger partial charge < -0.3 is 15.0 Å². The fraction of sp³-hybridized carbons (Fsp3) is 0.467. The highest BCUT2D eigenvalue weighted by Gasteiger charge is 2.14. The SMILES string of the molecule is Cc1nc2cc(NC(=O)CC(O)C(C)C)ccc2n1C. The van der Waals surface area contributed by atoms with Crippen molar-refractivity contribution in [2.24, 2.45) is 13.0 Å². The van der Waals surface area contributed by atoms with Crippen LogP contribution in [-0.2, 0) is 11.8 Å². The Morgan fingerprint density at radius 2 is 2.15 bits per heavy atom. The van der Waals surface area contributed by atoms with Gasteiger partial charge in [-0.15, -0.1) is 0 Å². The van der Waals surface area contributed by atoms with E-state index in [1.165, 1.54) is 0 Å². The average molecular weight is 275 g/mol. The minimum Gasteiger partial charge on any atom is -0.392 e. The van der Waals surface area contributed by atoms with Crippen LogP contribution in [0.25, 0.3) is 11.0 Å². The molecule has 20 heavy (non-hydrogen) atoms. The molecule has 2 N–H and O–H groups in total. The lowest BCUT2D eigenvalue weighted by Gasteiger charge is -2.13. The standard InChI is InChI=1S/C15H21N3O2/c1-9(2)14(19)8-15(20)17-11-5-6-13-12(7-11)16-10(3)18(13)4/h5-7,9,14,19H,8H2,1-4H3,(H,17,20). The number of rotatable bonds is 4. The number of carbonyl (C=O) groups excluding carboxylic acids is 1. The molecule has 5 heteroatoms. The van der Waals surface area contributed by atoms with Gasteiger partial charge >= 0.3 is 0 Å². The quantitative estimate of drug-likeness (QED) is 0.899. The molecule has 0 radical (unpaired) electrons. The fourth-order valence-electron chi connectivity index (χ4n) is 2.04. The van der Waals surface area contributed by atoms with E-state index < -0.39 is 6.10 Å². The molecule has 2 aromatic rings. The average Bonchev–Trinajstić information content (AvgIpc) is 2.64. The third-order valence-corrected chi connectivity index (χ3v) is 3.55. The number of hydrogen-bond donors (Lipinski definition) is 2. The predicted octanol–water partition coefficient (Wildman–Crippen LogP) is 2.23. The number of aryl methyl sites for hydroxylation is 2. The Hall–Kier alpha value is -1.88. The molecular weight excluding hydrogens is 254 g/mol. The zero-order valence-electron chi connectivity index (χ0n) is 12.3. The van der Waals surface area contributed by atoms with Gasteiger partial charge in [0.1, 0.15) is 5.82 Å². The Morgan fingerprint density at radius 1 is 1.45 bits per heavy atom. The second-order valence-electron chi connectivity index (χ2n) is 5.49. The molecule has 0 saturated carbocycles. The second kappa shape index (κ2) is 5.63. The summed E-state index contributed by atoms with van der Waals surface area (Å²) in [7, 11) is 1.96. The van der Waals surface area contributed by atoms with E-state index in [4.69, 9.17) is 0 Å². The Balaban J connectivity index is 2.12. The molecule has 1 aromatic carbocycles. The third-order valence-electron chi connectivity index (χ3n) is 3.55. The summed E-state index contributed by atoms with van der Waals surface area (Å²) in [5.74, 6) is 0.818. The van der Waals surface area contributed by atoms with Crippen molar-refractivity contribution in [3.8, 4) is 0 Å². The maximum Gasteiger partial charge on any atom is 0.226 e. The van der Waals surface area contributed by atoms with Crippen LogP contribution in [0.3, 0.4) is 0 Å². The normalized spacial score (nSPS) is 12.9. The highest BCUT2D eigenvalue weighted by molar-refractivity contribution is 5.93. The van der Waals surface area contributed by atoms with Crippen molar-refractivity contribution < 1.29 is 9.90 Å². The molecule has 0 fully saturated rings. The number of nitrogens with one attached hydrogen (secondary N) is 1. The zero-order valence-corrected chi connectivity index (χ0v) is 12.3. The Bertz CT molecular complexity index is 631. The maximum atomic E-state index is 11.8. The molecule has 1 amide bonds. The first-order chi connectivity index (χ1) is 9.38. The summed E-state index contributed by atoms with van der Waals surface area (Å²) in [4.78, 5) is 16.3. The van der Waals surface area contributed by atoms with E-state index in [9.17, 15) is 9.90 Å². The Kier molecular flexibility index (Phi) is 4.09. The zero-order chi connectivity index (χ0) is 14.9. The van der Waals surface area contributed by atoms with E-state index >= 15 is 0 Å². The second-order valence-corrected chi connectivity index (χ2v) is 5.49. The summed E-state index contributed by atoms with van der Waals surface area (Å²) in [5, 5.41) is 12.5. The summed E-state index contributed by atoms with van der Waals surface area (Å²) in [6.07, 6.45) is -0.507. The molecule has 0 spiro atoms. The summed E-state index contributed by atoms with van der Waals surface area (Å²) < 4.78 is 2.00. The number of aromatic nitrogens is 2. The van der Waals surface area contributed by atoms with E-state index in [2.05, 4.69) is 10.3 Å². The molecule has 0 bridgehead atoms. The minimum atomic E-state index is -0.615. The summed E-state index contributed by atoms with van der Waals surface area (Å²) in [6.45, 7) is 5.72. The molecule has 108 valence electrons. The van der Waals surface area contributed by atoms with Crippen LogP contribution in [-0.4, -0.2) is 26.7 Å². The number of aliphatic hydroxyl groups excluding tert-OH is 1. The molecule has 0 saturated heterocycles. The van der Waals surface area contributed by atoms with Gasteiger partial charge in [-0.05, 0) is 31.0 Å². The van der Waals surface area contributed by atoms with Gasteiger partial charge in [0, 0.05) is 12.7 Å². The first kappa shape index (κ1) is 14.5. The molecular formula is C15H21N3O2. The number of carbonyl (C=O) groups is 1. The Labute approximate surface area is 118 Å². The van der Waals surface area contributed by atoms with Crippen molar-refractivity contribution in [2.75, 3.05) is 5.32 Å². The van der Waals surface area contributed by atoms with Crippen molar-refractivity contribution in [1.29, 1.82) is 0 Å². The van der Waals surface area contributed by atoms with Crippen LogP contribution in [0.4, 0.5) is 5.69 Å². The minimum absolute atomic E-state index is 0.0710. The molecule has 0 aliphatic heterocycles. The van der Waals surface area contributed by atoms with E-state index in [-0.39, 0.29) is 18.2 Å². The number of imidazole rings is 1. The maximum absolute atomic E-state index is 11.8. The largest absolute Gasteiger partial charge is 0.392 e. The van der Waals surface area contributed by atoms with E-state index in [1.807, 2.05) is 50.6 Å². The van der Waals surface area contributed by atoms with Gasteiger partial charge in [-0.1, -0.05) is 13.8 Å². The number of aliphatic hydroxyl groups is 1. The van der Waals surface area contributed by atoms with Crippen LogP contribution < -0.4 is 5.32 Å². The summed E-state index contributed by atoms with van der Waals surface area (Å²) in [6, 6.07) is 5.63. The van der Waals surface area contributed by atoms with Crippen LogP contribution >= 0.6 is 0 Å². The van der Waals surface area contributed by atoms with Crippen molar-refractivity contribution in [1.82, 2.24) is 9.55 Å². The van der Waals surface area contributed by atoms with Gasteiger partial charge in [0.15, 0.2) is 0 Å². The molecule has 1 heterocycles. The molecule has 0 aliphatic rings. The van der Waals surface area contributed by atoms with Crippen LogP contribution in [0.5, 0.6) is 0 Å².